The number of hydrogen-bond acceptors (Lipinski definition) is 7. The minimum absolute atomic E-state index is 0.00657. The average molecular weight is 485 g/mol. The Morgan fingerprint density at radius 3 is 2.46 bits per heavy atom. The molecule has 0 atom stereocenters. The molecule has 0 aliphatic heterocycles. The quantitative estimate of drug-likeness (QED) is 0.395. The molecule has 35 heavy (non-hydrogen) atoms. The molecule has 0 radical (unpaired) electrons. The molecule has 0 saturated heterocycles. The van der Waals surface area contributed by atoms with Gasteiger partial charge in [0.05, 0.1) is 24.2 Å². The van der Waals surface area contributed by atoms with E-state index in [1.165, 1.54) is 31.2 Å². The van der Waals surface area contributed by atoms with Crippen LogP contribution < -0.4 is 5.32 Å². The highest BCUT2D eigenvalue weighted by Crippen LogP contribution is 2.34. The Labute approximate surface area is 196 Å². The van der Waals surface area contributed by atoms with E-state index in [1.807, 2.05) is 0 Å². The lowest BCUT2D eigenvalue weighted by atomic mass is 10.1. The number of rotatable bonds is 6. The number of ether oxygens (including phenoxy) is 1. The summed E-state index contributed by atoms with van der Waals surface area (Å²) in [6.07, 6.45) is -4.07. The summed E-state index contributed by atoms with van der Waals surface area (Å²) in [4.78, 5) is 28.9. The first-order valence-corrected chi connectivity index (χ1v) is 10.3. The fraction of sp³-hybridized carbons (Fsp3) is 0.174. The summed E-state index contributed by atoms with van der Waals surface area (Å²) in [7, 11) is 0. The van der Waals surface area contributed by atoms with Crippen molar-refractivity contribution in [1.82, 2.24) is 19.9 Å². The van der Waals surface area contributed by atoms with E-state index in [0.717, 1.165) is 6.20 Å². The number of aryl methyl sites for hydroxylation is 1. The summed E-state index contributed by atoms with van der Waals surface area (Å²) in [5, 5.41) is 10.3. The topological polar surface area (TPSA) is 112 Å². The average Bonchev–Trinajstić information content (AvgIpc) is 3.46. The number of hydrogen-bond donors (Lipinski definition) is 1. The van der Waals surface area contributed by atoms with Crippen molar-refractivity contribution in [3.8, 4) is 17.1 Å². The number of benzene rings is 2. The first kappa shape index (κ1) is 23.7. The van der Waals surface area contributed by atoms with E-state index in [-0.39, 0.29) is 17.9 Å². The number of amides is 1. The van der Waals surface area contributed by atoms with E-state index in [0.29, 0.717) is 27.6 Å². The van der Waals surface area contributed by atoms with E-state index in [1.54, 1.807) is 31.2 Å². The van der Waals surface area contributed by atoms with Crippen LogP contribution in [0.15, 0.2) is 59.3 Å². The highest BCUT2D eigenvalue weighted by atomic mass is 19.4. The number of anilines is 1. The second-order valence-electron chi connectivity index (χ2n) is 7.22. The summed E-state index contributed by atoms with van der Waals surface area (Å²) in [5.74, 6) is -0.977. The first-order valence-electron chi connectivity index (χ1n) is 10.3. The summed E-state index contributed by atoms with van der Waals surface area (Å²) in [6, 6.07) is 12.1. The summed E-state index contributed by atoms with van der Waals surface area (Å²) < 4.78 is 51.4. The van der Waals surface area contributed by atoms with E-state index >= 15 is 0 Å². The summed E-state index contributed by atoms with van der Waals surface area (Å²) in [5.41, 5.74) is -0.821. The van der Waals surface area contributed by atoms with Gasteiger partial charge in [0.2, 0.25) is 11.7 Å². The van der Waals surface area contributed by atoms with Crippen LogP contribution in [0.3, 0.4) is 0 Å². The van der Waals surface area contributed by atoms with E-state index < -0.39 is 29.3 Å². The van der Waals surface area contributed by atoms with Crippen LogP contribution in [0.2, 0.25) is 0 Å². The van der Waals surface area contributed by atoms with Crippen molar-refractivity contribution in [1.29, 1.82) is 0 Å². The standard InChI is InChI=1S/C23H18F3N5O4/c1-3-34-22(33)17-12-27-31(19(17)23(24,25)26)15-10-8-14(9-11-15)21(32)29-18-7-5-4-6-16(18)20-28-13(2)35-30-20/h4-12H,3H2,1-2H3,(H,29,32). The number of alkyl halides is 3. The number of para-hydroxylation sites is 1. The molecule has 2 aromatic heterocycles. The zero-order valence-electron chi connectivity index (χ0n) is 18.5. The van der Waals surface area contributed by atoms with Gasteiger partial charge in [0.15, 0.2) is 5.69 Å². The van der Waals surface area contributed by atoms with Gasteiger partial charge in [-0.05, 0) is 43.3 Å². The van der Waals surface area contributed by atoms with Gasteiger partial charge >= 0.3 is 12.1 Å². The third kappa shape index (κ3) is 4.90. The maximum absolute atomic E-state index is 13.7. The van der Waals surface area contributed by atoms with Crippen LogP contribution in [0.4, 0.5) is 18.9 Å². The molecular weight excluding hydrogens is 467 g/mol. The van der Waals surface area contributed by atoms with Gasteiger partial charge in [0, 0.05) is 18.1 Å². The molecule has 2 heterocycles. The van der Waals surface area contributed by atoms with Gasteiger partial charge in [-0.3, -0.25) is 4.79 Å². The number of nitrogens with zero attached hydrogens (tertiary/aromatic N) is 4. The van der Waals surface area contributed by atoms with Crippen molar-refractivity contribution in [2.24, 2.45) is 0 Å². The number of carbonyl (C=O) groups is 2. The van der Waals surface area contributed by atoms with Crippen LogP contribution in [0.5, 0.6) is 0 Å². The fourth-order valence-electron chi connectivity index (χ4n) is 3.32. The van der Waals surface area contributed by atoms with E-state index in [4.69, 9.17) is 9.26 Å². The Morgan fingerprint density at radius 2 is 1.83 bits per heavy atom. The van der Waals surface area contributed by atoms with Gasteiger partial charge < -0.3 is 14.6 Å². The Morgan fingerprint density at radius 1 is 1.11 bits per heavy atom. The van der Waals surface area contributed by atoms with Gasteiger partial charge in [-0.1, -0.05) is 17.3 Å². The molecule has 12 heteroatoms. The van der Waals surface area contributed by atoms with Crippen LogP contribution in [-0.2, 0) is 10.9 Å². The predicted octanol–water partition coefficient (Wildman–Crippen LogP) is 4.68. The zero-order valence-corrected chi connectivity index (χ0v) is 18.5. The molecule has 2 aromatic carbocycles. The lowest BCUT2D eigenvalue weighted by Gasteiger charge is -2.13. The van der Waals surface area contributed by atoms with E-state index in [9.17, 15) is 22.8 Å². The Kier molecular flexibility index (Phi) is 6.36. The van der Waals surface area contributed by atoms with E-state index in [2.05, 4.69) is 20.6 Å². The maximum Gasteiger partial charge on any atom is 0.434 e. The van der Waals surface area contributed by atoms with Crippen molar-refractivity contribution in [3.63, 3.8) is 0 Å². The zero-order chi connectivity index (χ0) is 25.2. The summed E-state index contributed by atoms with van der Waals surface area (Å²) >= 11 is 0. The molecule has 0 saturated carbocycles. The molecule has 4 rings (SSSR count). The third-order valence-electron chi connectivity index (χ3n) is 4.85. The molecule has 0 unspecified atom stereocenters. The monoisotopic (exact) mass is 485 g/mol. The maximum atomic E-state index is 13.7. The minimum atomic E-state index is -4.87. The van der Waals surface area contributed by atoms with Crippen LogP contribution in [0, 0.1) is 6.92 Å². The highest BCUT2D eigenvalue weighted by Gasteiger charge is 2.41. The van der Waals surface area contributed by atoms with Crippen LogP contribution in [0.25, 0.3) is 17.1 Å². The number of esters is 1. The molecule has 1 amide bonds. The Bertz CT molecular complexity index is 1380. The third-order valence-corrected chi connectivity index (χ3v) is 4.85. The summed E-state index contributed by atoms with van der Waals surface area (Å²) in [6.45, 7) is 3.04. The van der Waals surface area contributed by atoms with Crippen LogP contribution in [-0.4, -0.2) is 38.4 Å². The van der Waals surface area contributed by atoms with Gasteiger partial charge in [-0.15, -0.1) is 0 Å². The normalized spacial score (nSPS) is 11.3. The van der Waals surface area contributed by atoms with Gasteiger partial charge in [0.1, 0.15) is 5.56 Å². The van der Waals surface area contributed by atoms with Crippen molar-refractivity contribution in [3.05, 3.63) is 77.4 Å². The SMILES string of the molecule is CCOC(=O)c1cnn(-c2ccc(C(=O)Nc3ccccc3-c3noc(C)n3)cc2)c1C(F)(F)F. The molecule has 0 aliphatic carbocycles. The van der Waals surface area contributed by atoms with Crippen molar-refractivity contribution in [2.45, 2.75) is 20.0 Å². The molecule has 180 valence electrons. The molecule has 0 fully saturated rings. The number of nitrogens with one attached hydrogen (secondary N) is 1. The number of carbonyl (C=O) groups excluding carboxylic acids is 2. The number of halogens is 3. The van der Waals surface area contributed by atoms with Crippen molar-refractivity contribution < 1.29 is 32.0 Å². The minimum Gasteiger partial charge on any atom is -0.462 e. The molecule has 0 aliphatic rings. The Hall–Kier alpha value is -4.48. The predicted molar refractivity (Wildman–Crippen MR) is 117 cm³/mol. The molecule has 4 aromatic rings. The lowest BCUT2D eigenvalue weighted by Crippen LogP contribution is -2.18. The van der Waals surface area contributed by atoms with Gasteiger partial charge in [-0.25, -0.2) is 9.48 Å². The highest BCUT2D eigenvalue weighted by molar-refractivity contribution is 6.06. The molecule has 0 spiro atoms. The van der Waals surface area contributed by atoms with Crippen LogP contribution >= 0.6 is 0 Å². The molecule has 9 nitrogen and oxygen atoms in total. The van der Waals surface area contributed by atoms with Crippen molar-refractivity contribution in [2.75, 3.05) is 11.9 Å². The van der Waals surface area contributed by atoms with Gasteiger partial charge in [0.25, 0.3) is 5.91 Å². The lowest BCUT2D eigenvalue weighted by molar-refractivity contribution is -0.143. The van der Waals surface area contributed by atoms with Crippen LogP contribution in [0.1, 0.15) is 39.2 Å². The van der Waals surface area contributed by atoms with Crippen molar-refractivity contribution >= 4 is 17.6 Å². The molecular formula is C23H18F3N5O4. The fourth-order valence-corrected chi connectivity index (χ4v) is 3.32. The first-order chi connectivity index (χ1) is 16.7. The smallest absolute Gasteiger partial charge is 0.434 e. The molecule has 0 bridgehead atoms. The molecule has 1 N–H and O–H groups in total. The second kappa shape index (κ2) is 9.41. The Balaban J connectivity index is 1.60. The number of aromatic nitrogens is 4. The second-order valence-corrected chi connectivity index (χ2v) is 7.22. The van der Waals surface area contributed by atoms with Gasteiger partial charge in [-0.2, -0.15) is 23.3 Å². The largest absolute Gasteiger partial charge is 0.462 e.